The molecule has 1 aromatic heterocycles. The third kappa shape index (κ3) is 3.63. The number of halogens is 1. The lowest BCUT2D eigenvalue weighted by Crippen LogP contribution is -2.08. The third-order valence-electron chi connectivity index (χ3n) is 2.59. The molecular weight excluding hydrogens is 233 g/mol. The van der Waals surface area contributed by atoms with Gasteiger partial charge in [0.15, 0.2) is 0 Å². The molecule has 0 saturated carbocycles. The predicted octanol–water partition coefficient (Wildman–Crippen LogP) is 1.95. The van der Waals surface area contributed by atoms with Crippen molar-refractivity contribution < 1.29 is 8.81 Å². The second-order valence-corrected chi connectivity index (χ2v) is 4.10. The molecule has 4 nitrogen and oxygen atoms in total. The summed E-state index contributed by atoms with van der Waals surface area (Å²) in [4.78, 5) is 0. The van der Waals surface area contributed by atoms with Crippen molar-refractivity contribution in [3.63, 3.8) is 0 Å². The summed E-state index contributed by atoms with van der Waals surface area (Å²) >= 11 is 0. The zero-order valence-electron chi connectivity index (χ0n) is 10.3. The van der Waals surface area contributed by atoms with Crippen LogP contribution >= 0.6 is 0 Å². The molecule has 1 N–H and O–H groups in total. The number of aromatic nitrogens is 2. The number of hydrogen-bond donors (Lipinski definition) is 1. The Morgan fingerprint density at radius 1 is 1.17 bits per heavy atom. The molecule has 2 aromatic rings. The maximum Gasteiger partial charge on any atom is 0.220 e. The first-order valence-corrected chi connectivity index (χ1v) is 5.98. The summed E-state index contributed by atoms with van der Waals surface area (Å²) in [5, 5.41) is 11.0. The highest BCUT2D eigenvalue weighted by molar-refractivity contribution is 5.18. The normalized spacial score (nSPS) is 10.8. The van der Waals surface area contributed by atoms with E-state index in [0.717, 1.165) is 24.9 Å². The average molecular weight is 249 g/mol. The fourth-order valence-electron chi connectivity index (χ4n) is 1.65. The maximum atomic E-state index is 12.7. The highest BCUT2D eigenvalue weighted by Crippen LogP contribution is 2.10. The lowest BCUT2D eigenvalue weighted by atomic mass is 10.1. The number of nitrogens with zero attached hydrogens (tertiary/aromatic N) is 2. The van der Waals surface area contributed by atoms with E-state index >= 15 is 0 Å². The monoisotopic (exact) mass is 249 g/mol. The molecule has 0 radical (unpaired) electrons. The molecule has 1 heterocycles. The highest BCUT2D eigenvalue weighted by Gasteiger charge is 2.06. The summed E-state index contributed by atoms with van der Waals surface area (Å²) in [6.45, 7) is 0.926. The topological polar surface area (TPSA) is 51.0 Å². The number of rotatable bonds is 6. The minimum atomic E-state index is -0.239. The molecule has 0 aliphatic heterocycles. The fraction of sp³-hybridized carbons (Fsp3) is 0.385. The smallest absolute Gasteiger partial charge is 0.220 e. The van der Waals surface area contributed by atoms with Crippen LogP contribution in [-0.2, 0) is 12.8 Å². The van der Waals surface area contributed by atoms with Gasteiger partial charge in [-0.3, -0.25) is 0 Å². The van der Waals surface area contributed by atoms with Crippen LogP contribution in [0.4, 0.5) is 4.39 Å². The summed E-state index contributed by atoms with van der Waals surface area (Å²) in [7, 11) is 1.91. The SMILES string of the molecule is CNCCCc1nnc(Cc2ccc(F)cc2)o1. The lowest BCUT2D eigenvalue weighted by molar-refractivity contribution is 0.450. The first-order chi connectivity index (χ1) is 8.78. The molecule has 96 valence electrons. The van der Waals surface area contributed by atoms with E-state index in [1.807, 2.05) is 7.05 Å². The van der Waals surface area contributed by atoms with Crippen molar-refractivity contribution >= 4 is 0 Å². The van der Waals surface area contributed by atoms with Crippen LogP contribution in [0.2, 0.25) is 0 Å². The van der Waals surface area contributed by atoms with Crippen LogP contribution in [0.1, 0.15) is 23.8 Å². The van der Waals surface area contributed by atoms with Gasteiger partial charge in [0.05, 0.1) is 6.42 Å². The quantitative estimate of drug-likeness (QED) is 0.795. The third-order valence-corrected chi connectivity index (χ3v) is 2.59. The molecule has 0 fully saturated rings. The van der Waals surface area contributed by atoms with Gasteiger partial charge < -0.3 is 9.73 Å². The van der Waals surface area contributed by atoms with Gasteiger partial charge in [-0.2, -0.15) is 0 Å². The van der Waals surface area contributed by atoms with E-state index in [2.05, 4.69) is 15.5 Å². The summed E-state index contributed by atoms with van der Waals surface area (Å²) in [6.07, 6.45) is 2.28. The molecule has 5 heteroatoms. The molecule has 0 aliphatic carbocycles. The van der Waals surface area contributed by atoms with Crippen LogP contribution in [0.3, 0.4) is 0 Å². The van der Waals surface area contributed by atoms with Gasteiger partial charge in [-0.15, -0.1) is 10.2 Å². The second-order valence-electron chi connectivity index (χ2n) is 4.10. The van der Waals surface area contributed by atoms with Crippen LogP contribution in [0.25, 0.3) is 0 Å². The van der Waals surface area contributed by atoms with E-state index in [1.54, 1.807) is 12.1 Å². The Kier molecular flexibility index (Phi) is 4.41. The van der Waals surface area contributed by atoms with Crippen molar-refractivity contribution in [2.45, 2.75) is 19.3 Å². The van der Waals surface area contributed by atoms with Gasteiger partial charge in [-0.1, -0.05) is 12.1 Å². The van der Waals surface area contributed by atoms with Crippen molar-refractivity contribution in [3.8, 4) is 0 Å². The first-order valence-electron chi connectivity index (χ1n) is 5.98. The second kappa shape index (κ2) is 6.26. The predicted molar refractivity (Wildman–Crippen MR) is 65.8 cm³/mol. The van der Waals surface area contributed by atoms with Crippen LogP contribution in [0.5, 0.6) is 0 Å². The summed E-state index contributed by atoms with van der Waals surface area (Å²) in [5.74, 6) is 0.987. The van der Waals surface area contributed by atoms with Gasteiger partial charge in [0.1, 0.15) is 5.82 Å². The minimum absolute atomic E-state index is 0.239. The Hall–Kier alpha value is -1.75. The Morgan fingerprint density at radius 3 is 2.61 bits per heavy atom. The van der Waals surface area contributed by atoms with Gasteiger partial charge in [-0.05, 0) is 37.7 Å². The van der Waals surface area contributed by atoms with Crippen molar-refractivity contribution in [2.75, 3.05) is 13.6 Å². The summed E-state index contributed by atoms with van der Waals surface area (Å²) in [5.41, 5.74) is 0.960. The molecule has 0 bridgehead atoms. The van der Waals surface area contributed by atoms with Crippen LogP contribution in [0.15, 0.2) is 28.7 Å². The number of aryl methyl sites for hydroxylation is 1. The van der Waals surface area contributed by atoms with Crippen LogP contribution < -0.4 is 5.32 Å². The van der Waals surface area contributed by atoms with E-state index in [0.29, 0.717) is 18.2 Å². The summed E-state index contributed by atoms with van der Waals surface area (Å²) in [6, 6.07) is 6.31. The average Bonchev–Trinajstić information content (AvgIpc) is 2.80. The van der Waals surface area contributed by atoms with Crippen molar-refractivity contribution in [1.29, 1.82) is 0 Å². The standard InChI is InChI=1S/C13H16FN3O/c1-15-8-2-3-12-16-17-13(18-12)9-10-4-6-11(14)7-5-10/h4-7,15H,2-3,8-9H2,1H3. The number of nitrogens with one attached hydrogen (secondary N) is 1. The largest absolute Gasteiger partial charge is 0.425 e. The molecule has 0 spiro atoms. The van der Waals surface area contributed by atoms with Crippen molar-refractivity contribution in [3.05, 3.63) is 47.4 Å². The van der Waals surface area contributed by atoms with E-state index in [4.69, 9.17) is 4.42 Å². The van der Waals surface area contributed by atoms with Crippen molar-refractivity contribution in [2.24, 2.45) is 0 Å². The Labute approximate surface area is 105 Å². The maximum absolute atomic E-state index is 12.7. The van der Waals surface area contributed by atoms with Gasteiger partial charge in [0, 0.05) is 6.42 Å². The molecule has 0 saturated heterocycles. The molecule has 0 unspecified atom stereocenters. The molecule has 0 aliphatic rings. The molecular formula is C13H16FN3O. The van der Waals surface area contributed by atoms with Gasteiger partial charge in [0.2, 0.25) is 11.8 Å². The molecule has 18 heavy (non-hydrogen) atoms. The van der Waals surface area contributed by atoms with E-state index < -0.39 is 0 Å². The first kappa shape index (κ1) is 12.7. The summed E-state index contributed by atoms with van der Waals surface area (Å²) < 4.78 is 18.3. The molecule has 2 rings (SSSR count). The zero-order chi connectivity index (χ0) is 12.8. The number of hydrogen-bond acceptors (Lipinski definition) is 4. The van der Waals surface area contributed by atoms with Gasteiger partial charge in [-0.25, -0.2) is 4.39 Å². The molecule has 1 aromatic carbocycles. The number of benzene rings is 1. The lowest BCUT2D eigenvalue weighted by Gasteiger charge is -1.96. The minimum Gasteiger partial charge on any atom is -0.425 e. The Balaban J connectivity index is 1.91. The zero-order valence-corrected chi connectivity index (χ0v) is 10.3. The van der Waals surface area contributed by atoms with E-state index in [1.165, 1.54) is 12.1 Å². The molecule has 0 atom stereocenters. The van der Waals surface area contributed by atoms with Gasteiger partial charge >= 0.3 is 0 Å². The highest BCUT2D eigenvalue weighted by atomic mass is 19.1. The Bertz CT molecular complexity index is 481. The Morgan fingerprint density at radius 2 is 1.89 bits per heavy atom. The van der Waals surface area contributed by atoms with Gasteiger partial charge in [0.25, 0.3) is 0 Å². The van der Waals surface area contributed by atoms with Crippen LogP contribution in [-0.4, -0.2) is 23.8 Å². The van der Waals surface area contributed by atoms with E-state index in [9.17, 15) is 4.39 Å². The van der Waals surface area contributed by atoms with Crippen LogP contribution in [0, 0.1) is 5.82 Å². The van der Waals surface area contributed by atoms with Crippen molar-refractivity contribution in [1.82, 2.24) is 15.5 Å². The molecule has 0 amide bonds. The van der Waals surface area contributed by atoms with E-state index in [-0.39, 0.29) is 5.82 Å². The fourth-order valence-corrected chi connectivity index (χ4v) is 1.65.